The number of aromatic hydroxyl groups is 1. The van der Waals surface area contributed by atoms with Gasteiger partial charge in [0.15, 0.2) is 11.5 Å². The molecule has 1 aromatic rings. The Bertz CT molecular complexity index is 364. The van der Waals surface area contributed by atoms with E-state index < -0.39 is 5.54 Å². The largest absolute Gasteiger partial charge is 0.504 e. The molecule has 0 aliphatic rings. The average Bonchev–Trinajstić information content (AvgIpc) is 2.36. The van der Waals surface area contributed by atoms with Gasteiger partial charge in [-0.25, -0.2) is 0 Å². The first-order valence-corrected chi connectivity index (χ1v) is 5.37. The lowest BCUT2D eigenvalue weighted by atomic mass is 10.0. The van der Waals surface area contributed by atoms with Gasteiger partial charge in [-0.15, -0.1) is 0 Å². The van der Waals surface area contributed by atoms with Gasteiger partial charge < -0.3 is 25.4 Å². The molecule has 0 aromatic heterocycles. The molecule has 0 bridgehead atoms. The molecule has 17 heavy (non-hydrogen) atoms. The van der Waals surface area contributed by atoms with Crippen LogP contribution in [-0.2, 0) is 6.54 Å². The zero-order valence-electron chi connectivity index (χ0n) is 10.1. The molecule has 0 radical (unpaired) electrons. The fraction of sp³-hybridized carbons (Fsp3) is 0.500. The molecule has 0 aliphatic heterocycles. The summed E-state index contributed by atoms with van der Waals surface area (Å²) in [5.41, 5.74) is 0.117. The lowest BCUT2D eigenvalue weighted by Crippen LogP contribution is -2.48. The fourth-order valence-corrected chi connectivity index (χ4v) is 1.32. The minimum atomic E-state index is -0.727. The fourth-order valence-electron chi connectivity index (χ4n) is 1.32. The summed E-state index contributed by atoms with van der Waals surface area (Å²) in [7, 11) is 1.49. The Balaban J connectivity index is 2.67. The van der Waals surface area contributed by atoms with E-state index in [2.05, 4.69) is 5.32 Å². The molecule has 0 heterocycles. The average molecular weight is 241 g/mol. The Labute approximate surface area is 101 Å². The maximum absolute atomic E-state index is 9.58. The number of ether oxygens (including phenoxy) is 1. The van der Waals surface area contributed by atoms with Crippen molar-refractivity contribution in [1.82, 2.24) is 5.32 Å². The van der Waals surface area contributed by atoms with Gasteiger partial charge in [0.25, 0.3) is 0 Å². The van der Waals surface area contributed by atoms with Crippen LogP contribution >= 0.6 is 0 Å². The number of hydrogen-bond donors (Lipinski definition) is 4. The van der Waals surface area contributed by atoms with Crippen molar-refractivity contribution in [3.05, 3.63) is 23.8 Å². The van der Waals surface area contributed by atoms with Crippen LogP contribution in [0.15, 0.2) is 18.2 Å². The number of aliphatic hydroxyl groups excluding tert-OH is 2. The zero-order valence-corrected chi connectivity index (χ0v) is 10.1. The van der Waals surface area contributed by atoms with Crippen molar-refractivity contribution in [3.8, 4) is 11.5 Å². The number of phenols is 1. The Morgan fingerprint density at radius 1 is 1.29 bits per heavy atom. The van der Waals surface area contributed by atoms with E-state index in [4.69, 9.17) is 14.9 Å². The Hall–Kier alpha value is -1.30. The van der Waals surface area contributed by atoms with Crippen LogP contribution in [0, 0.1) is 0 Å². The van der Waals surface area contributed by atoms with E-state index in [1.807, 2.05) is 0 Å². The highest BCUT2D eigenvalue weighted by molar-refractivity contribution is 5.41. The van der Waals surface area contributed by atoms with Gasteiger partial charge in [0.2, 0.25) is 0 Å². The number of nitrogens with one attached hydrogen (secondary N) is 1. The standard InChI is InChI=1S/C12H19NO4/c1-12(7-14,8-15)13-6-9-3-4-11(17-2)10(16)5-9/h3-5,13-16H,6-8H2,1-2H3. The van der Waals surface area contributed by atoms with Gasteiger partial charge in [-0.3, -0.25) is 0 Å². The highest BCUT2D eigenvalue weighted by Gasteiger charge is 2.21. The van der Waals surface area contributed by atoms with Crippen molar-refractivity contribution in [2.24, 2.45) is 0 Å². The van der Waals surface area contributed by atoms with Gasteiger partial charge in [-0.05, 0) is 24.6 Å². The maximum Gasteiger partial charge on any atom is 0.160 e. The van der Waals surface area contributed by atoms with Gasteiger partial charge >= 0.3 is 0 Å². The monoisotopic (exact) mass is 241 g/mol. The molecule has 4 N–H and O–H groups in total. The molecule has 1 rings (SSSR count). The van der Waals surface area contributed by atoms with Crippen LogP contribution in [0.4, 0.5) is 0 Å². The molecule has 1 aromatic carbocycles. The van der Waals surface area contributed by atoms with Crippen LogP contribution in [0.2, 0.25) is 0 Å². The number of methoxy groups -OCH3 is 1. The van der Waals surface area contributed by atoms with Crippen LogP contribution in [0.25, 0.3) is 0 Å². The summed E-state index contributed by atoms with van der Waals surface area (Å²) in [6.07, 6.45) is 0. The number of phenolic OH excluding ortho intramolecular Hbond substituents is 1. The Morgan fingerprint density at radius 3 is 2.41 bits per heavy atom. The summed E-state index contributed by atoms with van der Waals surface area (Å²) in [6.45, 7) is 1.84. The molecule has 0 saturated heterocycles. The molecule has 0 saturated carbocycles. The third kappa shape index (κ3) is 3.59. The molecule has 96 valence electrons. The predicted octanol–water partition coefficient (Wildman–Crippen LogP) is 0.234. The number of hydrogen-bond acceptors (Lipinski definition) is 5. The van der Waals surface area contributed by atoms with Crippen molar-refractivity contribution in [2.45, 2.75) is 19.0 Å². The molecule has 0 fully saturated rings. The van der Waals surface area contributed by atoms with E-state index in [-0.39, 0.29) is 19.0 Å². The third-order valence-corrected chi connectivity index (χ3v) is 2.66. The number of aliphatic hydroxyl groups is 2. The highest BCUT2D eigenvalue weighted by atomic mass is 16.5. The van der Waals surface area contributed by atoms with Crippen molar-refractivity contribution in [2.75, 3.05) is 20.3 Å². The first-order valence-electron chi connectivity index (χ1n) is 5.37. The van der Waals surface area contributed by atoms with Crippen LogP contribution in [0.5, 0.6) is 11.5 Å². The van der Waals surface area contributed by atoms with E-state index in [0.29, 0.717) is 12.3 Å². The van der Waals surface area contributed by atoms with Gasteiger partial charge in [0.1, 0.15) is 0 Å². The minimum Gasteiger partial charge on any atom is -0.504 e. The molecular weight excluding hydrogens is 222 g/mol. The van der Waals surface area contributed by atoms with Crippen LogP contribution in [0.1, 0.15) is 12.5 Å². The Morgan fingerprint density at radius 2 is 1.94 bits per heavy atom. The van der Waals surface area contributed by atoms with E-state index in [9.17, 15) is 5.11 Å². The van der Waals surface area contributed by atoms with Crippen LogP contribution < -0.4 is 10.1 Å². The summed E-state index contributed by atoms with van der Waals surface area (Å²) in [5.74, 6) is 0.488. The van der Waals surface area contributed by atoms with Gasteiger partial charge in [0.05, 0.1) is 25.9 Å². The predicted molar refractivity (Wildman–Crippen MR) is 64.1 cm³/mol. The van der Waals surface area contributed by atoms with Crippen molar-refractivity contribution in [1.29, 1.82) is 0 Å². The molecule has 5 heteroatoms. The molecule has 0 spiro atoms. The molecule has 0 amide bonds. The van der Waals surface area contributed by atoms with E-state index in [1.54, 1.807) is 25.1 Å². The van der Waals surface area contributed by atoms with Crippen LogP contribution in [0.3, 0.4) is 0 Å². The molecule has 0 aliphatic carbocycles. The Kier molecular flexibility index (Phi) is 4.74. The molecular formula is C12H19NO4. The van der Waals surface area contributed by atoms with Crippen molar-refractivity contribution >= 4 is 0 Å². The van der Waals surface area contributed by atoms with Gasteiger partial charge in [0, 0.05) is 6.54 Å². The van der Waals surface area contributed by atoms with Gasteiger partial charge in [-0.1, -0.05) is 6.07 Å². The second kappa shape index (κ2) is 5.86. The van der Waals surface area contributed by atoms with Gasteiger partial charge in [-0.2, -0.15) is 0 Å². The second-order valence-corrected chi connectivity index (χ2v) is 4.24. The van der Waals surface area contributed by atoms with Crippen LogP contribution in [-0.4, -0.2) is 41.2 Å². The highest BCUT2D eigenvalue weighted by Crippen LogP contribution is 2.26. The normalized spacial score (nSPS) is 11.5. The van der Waals surface area contributed by atoms with Crippen molar-refractivity contribution < 1.29 is 20.1 Å². The summed E-state index contributed by atoms with van der Waals surface area (Å²) >= 11 is 0. The third-order valence-electron chi connectivity index (χ3n) is 2.66. The summed E-state index contributed by atoms with van der Waals surface area (Å²) in [5, 5.41) is 30.8. The maximum atomic E-state index is 9.58. The second-order valence-electron chi connectivity index (χ2n) is 4.24. The number of benzene rings is 1. The molecule has 5 nitrogen and oxygen atoms in total. The topological polar surface area (TPSA) is 82.0 Å². The summed E-state index contributed by atoms with van der Waals surface area (Å²) in [4.78, 5) is 0. The quantitative estimate of drug-likeness (QED) is 0.573. The van der Waals surface area contributed by atoms with E-state index >= 15 is 0 Å². The zero-order chi connectivity index (χ0) is 12.9. The smallest absolute Gasteiger partial charge is 0.160 e. The molecule has 0 unspecified atom stereocenters. The summed E-state index contributed by atoms with van der Waals surface area (Å²) < 4.78 is 4.94. The lowest BCUT2D eigenvalue weighted by molar-refractivity contribution is 0.103. The minimum absolute atomic E-state index is 0.0708. The summed E-state index contributed by atoms with van der Waals surface area (Å²) in [6, 6.07) is 5.06. The first kappa shape index (κ1) is 13.8. The first-order chi connectivity index (χ1) is 8.04. The van der Waals surface area contributed by atoms with Crippen molar-refractivity contribution in [3.63, 3.8) is 0 Å². The number of rotatable bonds is 6. The lowest BCUT2D eigenvalue weighted by Gasteiger charge is -2.26. The van der Waals surface area contributed by atoms with E-state index in [1.165, 1.54) is 7.11 Å². The van der Waals surface area contributed by atoms with E-state index in [0.717, 1.165) is 5.56 Å². The molecule has 0 atom stereocenters. The SMILES string of the molecule is COc1ccc(CNC(C)(CO)CO)cc1O.